The van der Waals surface area contributed by atoms with E-state index < -0.39 is 0 Å². The van der Waals surface area contributed by atoms with Crippen LogP contribution in [0, 0.1) is 0 Å². The standard InChI is InChI=1S/C15H17N3O/c16-15-17-9-13(10-18-15)11-4-6-12(7-5-11)14-3-1-2-8-19-14/h4-7,9-10,14H,1-3,8H2,(H2,16,17,18). The van der Waals surface area contributed by atoms with Gasteiger partial charge in [0.2, 0.25) is 5.95 Å². The fourth-order valence-electron chi connectivity index (χ4n) is 2.38. The Morgan fingerprint density at radius 3 is 2.37 bits per heavy atom. The molecule has 98 valence electrons. The van der Waals surface area contributed by atoms with Crippen LogP contribution in [0.15, 0.2) is 36.7 Å². The predicted molar refractivity (Wildman–Crippen MR) is 74.4 cm³/mol. The number of aromatic nitrogens is 2. The molecule has 1 aromatic carbocycles. The highest BCUT2D eigenvalue weighted by Crippen LogP contribution is 2.29. The monoisotopic (exact) mass is 255 g/mol. The van der Waals surface area contributed by atoms with Crippen molar-refractivity contribution in [1.82, 2.24) is 9.97 Å². The molecule has 1 aromatic heterocycles. The van der Waals surface area contributed by atoms with Crippen molar-refractivity contribution in [2.75, 3.05) is 12.3 Å². The van der Waals surface area contributed by atoms with Crippen molar-refractivity contribution in [2.24, 2.45) is 0 Å². The summed E-state index contributed by atoms with van der Waals surface area (Å²) in [5, 5.41) is 0. The Bertz CT molecular complexity index is 530. The average molecular weight is 255 g/mol. The van der Waals surface area contributed by atoms with Crippen LogP contribution in [-0.2, 0) is 4.74 Å². The third-order valence-electron chi connectivity index (χ3n) is 3.47. The predicted octanol–water partition coefficient (Wildman–Crippen LogP) is 2.97. The van der Waals surface area contributed by atoms with Gasteiger partial charge < -0.3 is 10.5 Å². The summed E-state index contributed by atoms with van der Waals surface area (Å²) in [5.41, 5.74) is 8.81. The van der Waals surface area contributed by atoms with E-state index in [4.69, 9.17) is 10.5 Å². The van der Waals surface area contributed by atoms with Gasteiger partial charge >= 0.3 is 0 Å². The Balaban J connectivity index is 1.80. The van der Waals surface area contributed by atoms with Gasteiger partial charge in [-0.2, -0.15) is 0 Å². The van der Waals surface area contributed by atoms with E-state index >= 15 is 0 Å². The summed E-state index contributed by atoms with van der Waals surface area (Å²) in [5.74, 6) is 0.302. The lowest BCUT2D eigenvalue weighted by Gasteiger charge is -2.23. The quantitative estimate of drug-likeness (QED) is 0.896. The average Bonchev–Trinajstić information content (AvgIpc) is 2.49. The molecule has 2 aromatic rings. The lowest BCUT2D eigenvalue weighted by atomic mass is 9.99. The van der Waals surface area contributed by atoms with Crippen LogP contribution in [0.3, 0.4) is 0 Å². The zero-order chi connectivity index (χ0) is 13.1. The second-order valence-corrected chi connectivity index (χ2v) is 4.81. The third-order valence-corrected chi connectivity index (χ3v) is 3.47. The van der Waals surface area contributed by atoms with E-state index in [1.54, 1.807) is 12.4 Å². The Hall–Kier alpha value is -1.94. The van der Waals surface area contributed by atoms with E-state index in [1.807, 2.05) is 0 Å². The molecule has 19 heavy (non-hydrogen) atoms. The molecule has 0 radical (unpaired) electrons. The minimum Gasteiger partial charge on any atom is -0.374 e. The summed E-state index contributed by atoms with van der Waals surface area (Å²) in [6.45, 7) is 0.873. The van der Waals surface area contributed by atoms with Crippen LogP contribution in [0.4, 0.5) is 5.95 Å². The molecule has 1 unspecified atom stereocenters. The maximum atomic E-state index is 5.78. The van der Waals surface area contributed by atoms with E-state index in [2.05, 4.69) is 34.2 Å². The van der Waals surface area contributed by atoms with Crippen molar-refractivity contribution in [3.63, 3.8) is 0 Å². The molecule has 1 aliphatic heterocycles. The highest BCUT2D eigenvalue weighted by atomic mass is 16.5. The summed E-state index contributed by atoms with van der Waals surface area (Å²) in [4.78, 5) is 8.02. The second kappa shape index (κ2) is 5.36. The zero-order valence-corrected chi connectivity index (χ0v) is 10.7. The Kier molecular flexibility index (Phi) is 3.42. The van der Waals surface area contributed by atoms with Gasteiger partial charge in [0, 0.05) is 24.6 Å². The van der Waals surface area contributed by atoms with Gasteiger partial charge in [0.05, 0.1) is 6.10 Å². The van der Waals surface area contributed by atoms with Gasteiger partial charge in [-0.15, -0.1) is 0 Å². The Labute approximate surface area is 112 Å². The van der Waals surface area contributed by atoms with Crippen LogP contribution in [0.25, 0.3) is 11.1 Å². The number of nitrogen functional groups attached to an aromatic ring is 1. The molecule has 1 atom stereocenters. The number of nitrogens with zero attached hydrogens (tertiary/aromatic N) is 2. The molecule has 3 rings (SSSR count). The normalized spacial score (nSPS) is 19.3. The second-order valence-electron chi connectivity index (χ2n) is 4.81. The van der Waals surface area contributed by atoms with Crippen LogP contribution in [0.2, 0.25) is 0 Å². The van der Waals surface area contributed by atoms with Crippen molar-refractivity contribution in [3.8, 4) is 11.1 Å². The number of rotatable bonds is 2. The molecular formula is C15H17N3O. The summed E-state index contributed by atoms with van der Waals surface area (Å²) in [6, 6.07) is 8.42. The van der Waals surface area contributed by atoms with Crippen LogP contribution in [-0.4, -0.2) is 16.6 Å². The first-order valence-electron chi connectivity index (χ1n) is 6.62. The molecule has 0 spiro atoms. The lowest BCUT2D eigenvalue weighted by Crippen LogP contribution is -2.11. The van der Waals surface area contributed by atoms with E-state index in [0.717, 1.165) is 24.2 Å². The number of nitrogens with two attached hydrogens (primary N) is 1. The highest BCUT2D eigenvalue weighted by Gasteiger charge is 2.15. The van der Waals surface area contributed by atoms with E-state index in [9.17, 15) is 0 Å². The maximum Gasteiger partial charge on any atom is 0.219 e. The fourth-order valence-corrected chi connectivity index (χ4v) is 2.38. The fraction of sp³-hybridized carbons (Fsp3) is 0.333. The molecule has 1 aliphatic rings. The van der Waals surface area contributed by atoms with Crippen molar-refractivity contribution < 1.29 is 4.74 Å². The SMILES string of the molecule is Nc1ncc(-c2ccc(C3CCCCO3)cc2)cn1. The smallest absolute Gasteiger partial charge is 0.219 e. The van der Waals surface area contributed by atoms with E-state index in [1.165, 1.54) is 18.4 Å². The maximum absolute atomic E-state index is 5.78. The van der Waals surface area contributed by atoms with E-state index in [0.29, 0.717) is 5.95 Å². The topological polar surface area (TPSA) is 61.0 Å². The van der Waals surface area contributed by atoms with Gasteiger partial charge in [-0.25, -0.2) is 9.97 Å². The van der Waals surface area contributed by atoms with Gasteiger partial charge in [-0.05, 0) is 30.4 Å². The lowest BCUT2D eigenvalue weighted by molar-refractivity contribution is 0.0150. The molecule has 0 saturated carbocycles. The van der Waals surface area contributed by atoms with Crippen molar-refractivity contribution in [1.29, 1.82) is 0 Å². The van der Waals surface area contributed by atoms with Crippen LogP contribution < -0.4 is 5.73 Å². The Morgan fingerprint density at radius 2 is 1.74 bits per heavy atom. The minimum absolute atomic E-state index is 0.255. The van der Waals surface area contributed by atoms with E-state index in [-0.39, 0.29) is 6.10 Å². The largest absolute Gasteiger partial charge is 0.374 e. The number of ether oxygens (including phenoxy) is 1. The first kappa shape index (κ1) is 12.1. The first-order valence-corrected chi connectivity index (χ1v) is 6.62. The molecule has 2 N–H and O–H groups in total. The zero-order valence-electron chi connectivity index (χ0n) is 10.7. The molecule has 2 heterocycles. The molecule has 4 nitrogen and oxygen atoms in total. The van der Waals surface area contributed by atoms with Crippen molar-refractivity contribution in [3.05, 3.63) is 42.2 Å². The summed E-state index contributed by atoms with van der Waals surface area (Å²) >= 11 is 0. The summed E-state index contributed by atoms with van der Waals surface area (Å²) in [6.07, 6.45) is 7.29. The minimum atomic E-state index is 0.255. The van der Waals surface area contributed by atoms with Gasteiger partial charge in [-0.1, -0.05) is 24.3 Å². The number of hydrogen-bond donors (Lipinski definition) is 1. The molecule has 1 fully saturated rings. The molecule has 0 amide bonds. The van der Waals surface area contributed by atoms with Crippen LogP contribution >= 0.6 is 0 Å². The number of hydrogen-bond acceptors (Lipinski definition) is 4. The molecule has 0 aliphatic carbocycles. The molecule has 1 saturated heterocycles. The van der Waals surface area contributed by atoms with Crippen LogP contribution in [0.1, 0.15) is 30.9 Å². The third kappa shape index (κ3) is 2.74. The molecule has 4 heteroatoms. The van der Waals surface area contributed by atoms with Crippen molar-refractivity contribution in [2.45, 2.75) is 25.4 Å². The number of benzene rings is 1. The van der Waals surface area contributed by atoms with Gasteiger partial charge in [0.25, 0.3) is 0 Å². The molecular weight excluding hydrogens is 238 g/mol. The highest BCUT2D eigenvalue weighted by molar-refractivity contribution is 5.62. The van der Waals surface area contributed by atoms with Gasteiger partial charge in [-0.3, -0.25) is 0 Å². The molecule has 0 bridgehead atoms. The van der Waals surface area contributed by atoms with Crippen molar-refractivity contribution >= 4 is 5.95 Å². The van der Waals surface area contributed by atoms with Gasteiger partial charge in [0.1, 0.15) is 0 Å². The first-order chi connectivity index (χ1) is 9.33. The Morgan fingerprint density at radius 1 is 1.00 bits per heavy atom. The number of anilines is 1. The summed E-state index contributed by atoms with van der Waals surface area (Å²) in [7, 11) is 0. The summed E-state index contributed by atoms with van der Waals surface area (Å²) < 4.78 is 5.78. The van der Waals surface area contributed by atoms with Gasteiger partial charge in [0.15, 0.2) is 0 Å². The van der Waals surface area contributed by atoms with Crippen LogP contribution in [0.5, 0.6) is 0 Å².